The Bertz CT molecular complexity index is 1560. The standard InChI is InChI=1S/C37H39N2OPS.BrH/c1-4-28(2)36(39-37(42)38-32-21-23-33(40-3)24-22-32)27-41(34-15-7-5-8-16-34,35-17-9-6-10-18-35)26-29-19-20-30-13-11-12-14-31(30)25-29;/h5-25,28,36H,4,26-27H2,1-3H3,(H-,38,39,42);1H/t28-,36+;/m0./s1. The molecule has 2 atom stereocenters. The van der Waals surface area contributed by atoms with Crippen molar-refractivity contribution in [3.63, 3.8) is 0 Å². The molecule has 0 saturated heterocycles. The van der Waals surface area contributed by atoms with Crippen LogP contribution in [0.5, 0.6) is 5.75 Å². The summed E-state index contributed by atoms with van der Waals surface area (Å²) in [5.41, 5.74) is 2.32. The van der Waals surface area contributed by atoms with E-state index >= 15 is 0 Å². The van der Waals surface area contributed by atoms with Crippen LogP contribution < -0.4 is 43.0 Å². The van der Waals surface area contributed by atoms with Gasteiger partial charge in [0.2, 0.25) is 0 Å². The first kappa shape index (κ1) is 32.7. The molecule has 2 N–H and O–H groups in total. The quantitative estimate of drug-likeness (QED) is 0.145. The molecule has 6 heteroatoms. The Morgan fingerprint density at radius 1 is 0.767 bits per heavy atom. The van der Waals surface area contributed by atoms with Gasteiger partial charge in [0.25, 0.3) is 0 Å². The molecule has 0 unspecified atom stereocenters. The predicted octanol–water partition coefficient (Wildman–Crippen LogP) is 5.42. The van der Waals surface area contributed by atoms with E-state index in [4.69, 9.17) is 17.0 Å². The molecule has 0 saturated carbocycles. The summed E-state index contributed by atoms with van der Waals surface area (Å²) in [6.07, 6.45) is 3.04. The minimum atomic E-state index is -1.94. The number of methoxy groups -OCH3 is 1. The summed E-state index contributed by atoms with van der Waals surface area (Å²) in [7, 11) is -0.261. The monoisotopic (exact) mass is 670 g/mol. The molecule has 5 rings (SSSR count). The Balaban J connectivity index is 0.00000423. The van der Waals surface area contributed by atoms with Crippen molar-refractivity contribution in [2.24, 2.45) is 5.92 Å². The minimum absolute atomic E-state index is 0. The molecule has 0 aliphatic rings. The summed E-state index contributed by atoms with van der Waals surface area (Å²) in [6, 6.07) is 46.0. The molecule has 0 bridgehead atoms. The van der Waals surface area contributed by atoms with Crippen LogP contribution in [0.1, 0.15) is 25.8 Å². The van der Waals surface area contributed by atoms with Crippen LogP contribution in [0.3, 0.4) is 0 Å². The third kappa shape index (κ3) is 8.03. The van der Waals surface area contributed by atoms with Crippen LogP contribution >= 0.6 is 19.5 Å². The maximum Gasteiger partial charge on any atom is 0.171 e. The first-order chi connectivity index (χ1) is 20.5. The van der Waals surface area contributed by atoms with Gasteiger partial charge in [-0.25, -0.2) is 0 Å². The van der Waals surface area contributed by atoms with Gasteiger partial charge >= 0.3 is 0 Å². The maximum atomic E-state index is 5.90. The van der Waals surface area contributed by atoms with E-state index in [2.05, 4.69) is 128 Å². The van der Waals surface area contributed by atoms with E-state index in [1.165, 1.54) is 26.9 Å². The van der Waals surface area contributed by atoms with Gasteiger partial charge in [-0.3, -0.25) is 0 Å². The highest BCUT2D eigenvalue weighted by Crippen LogP contribution is 2.60. The number of fused-ring (bicyclic) bond motifs is 1. The fraction of sp³-hybridized carbons (Fsp3) is 0.216. The highest BCUT2D eigenvalue weighted by atomic mass is 79.9. The van der Waals surface area contributed by atoms with Gasteiger partial charge in [0.1, 0.15) is 5.75 Å². The number of nitrogens with one attached hydrogen (secondary N) is 2. The lowest BCUT2D eigenvalue weighted by Gasteiger charge is -2.34. The van der Waals surface area contributed by atoms with E-state index in [9.17, 15) is 0 Å². The van der Waals surface area contributed by atoms with Crippen molar-refractivity contribution in [1.82, 2.24) is 5.32 Å². The van der Waals surface area contributed by atoms with Crippen molar-refractivity contribution in [3.8, 4) is 5.75 Å². The molecule has 43 heavy (non-hydrogen) atoms. The summed E-state index contributed by atoms with van der Waals surface area (Å²) < 4.78 is 5.32. The summed E-state index contributed by atoms with van der Waals surface area (Å²) in [5.74, 6) is 1.25. The van der Waals surface area contributed by atoms with Gasteiger partial charge < -0.3 is 32.4 Å². The predicted molar refractivity (Wildman–Crippen MR) is 187 cm³/mol. The molecule has 0 fully saturated rings. The van der Waals surface area contributed by atoms with Gasteiger partial charge in [-0.05, 0) is 89.1 Å². The van der Waals surface area contributed by atoms with E-state index in [0.717, 1.165) is 30.2 Å². The van der Waals surface area contributed by atoms with Gasteiger partial charge in [-0.1, -0.05) is 93.1 Å². The van der Waals surface area contributed by atoms with E-state index in [-0.39, 0.29) is 23.0 Å². The van der Waals surface area contributed by atoms with E-state index in [1.54, 1.807) is 7.11 Å². The van der Waals surface area contributed by atoms with Gasteiger partial charge in [0.15, 0.2) is 5.11 Å². The second kappa shape index (κ2) is 15.5. The van der Waals surface area contributed by atoms with Crippen LogP contribution in [-0.4, -0.2) is 24.4 Å². The summed E-state index contributed by atoms with van der Waals surface area (Å²) >= 11 is 5.90. The molecule has 0 amide bonds. The molecule has 0 aliphatic heterocycles. The first-order valence-corrected chi connectivity index (χ1v) is 17.2. The fourth-order valence-electron chi connectivity index (χ4n) is 5.68. The molecule has 3 nitrogen and oxygen atoms in total. The molecule has 5 aromatic rings. The molecule has 0 spiro atoms. The topological polar surface area (TPSA) is 33.3 Å². The Labute approximate surface area is 273 Å². The second-order valence-corrected chi connectivity index (χ2v) is 15.0. The largest absolute Gasteiger partial charge is 1.00 e. The van der Waals surface area contributed by atoms with Crippen LogP contribution in [0, 0.1) is 5.92 Å². The van der Waals surface area contributed by atoms with Crippen LogP contribution in [0.2, 0.25) is 0 Å². The Morgan fingerprint density at radius 2 is 1.35 bits per heavy atom. The lowest BCUT2D eigenvalue weighted by molar-refractivity contribution is -0.00000869. The number of rotatable bonds is 11. The number of anilines is 1. The van der Waals surface area contributed by atoms with Crippen LogP contribution in [-0.2, 0) is 6.16 Å². The zero-order chi connectivity index (χ0) is 29.4. The number of benzene rings is 5. The number of thiocarbonyl (C=S) groups is 1. The molecule has 5 aromatic carbocycles. The van der Waals surface area contributed by atoms with Gasteiger partial charge in [-0.2, -0.15) is 0 Å². The summed E-state index contributed by atoms with van der Waals surface area (Å²) in [6.45, 7) is 4.61. The molecule has 0 radical (unpaired) electrons. The van der Waals surface area contributed by atoms with E-state index in [0.29, 0.717) is 11.0 Å². The van der Waals surface area contributed by atoms with E-state index < -0.39 is 7.26 Å². The van der Waals surface area contributed by atoms with Crippen molar-refractivity contribution >= 4 is 51.7 Å². The van der Waals surface area contributed by atoms with Crippen molar-refractivity contribution in [2.45, 2.75) is 32.5 Å². The number of ether oxygens (including phenoxy) is 1. The van der Waals surface area contributed by atoms with Crippen LogP contribution in [0.15, 0.2) is 127 Å². The van der Waals surface area contributed by atoms with Gasteiger partial charge in [0, 0.05) is 5.69 Å². The summed E-state index contributed by atoms with van der Waals surface area (Å²) in [5, 5.41) is 13.2. The molecule has 0 heterocycles. The van der Waals surface area contributed by atoms with Crippen LogP contribution in [0.4, 0.5) is 5.69 Å². The average molecular weight is 672 g/mol. The zero-order valence-electron chi connectivity index (χ0n) is 25.0. The van der Waals surface area contributed by atoms with Gasteiger partial charge in [-0.15, -0.1) is 0 Å². The number of hydrogen-bond acceptors (Lipinski definition) is 2. The Kier molecular flexibility index (Phi) is 11.8. The fourth-order valence-corrected chi connectivity index (χ4v) is 10.6. The third-order valence-corrected chi connectivity index (χ3v) is 13.0. The molecule has 0 aromatic heterocycles. The highest BCUT2D eigenvalue weighted by Gasteiger charge is 2.46. The molecule has 222 valence electrons. The smallest absolute Gasteiger partial charge is 0.171 e. The van der Waals surface area contributed by atoms with E-state index in [1.807, 2.05) is 24.3 Å². The Morgan fingerprint density at radius 3 is 1.93 bits per heavy atom. The summed E-state index contributed by atoms with van der Waals surface area (Å²) in [4.78, 5) is 0. The van der Waals surface area contributed by atoms with Crippen molar-refractivity contribution in [2.75, 3.05) is 18.6 Å². The van der Waals surface area contributed by atoms with Crippen molar-refractivity contribution in [3.05, 3.63) is 133 Å². The normalized spacial score (nSPS) is 12.5. The maximum absolute atomic E-state index is 5.90. The average Bonchev–Trinajstić information content (AvgIpc) is 3.04. The number of hydrogen-bond donors (Lipinski definition) is 2. The molecular weight excluding hydrogens is 631 g/mol. The third-order valence-electron chi connectivity index (χ3n) is 8.27. The lowest BCUT2D eigenvalue weighted by Crippen LogP contribution is -3.00. The molecule has 0 aliphatic carbocycles. The zero-order valence-corrected chi connectivity index (χ0v) is 28.3. The first-order valence-electron chi connectivity index (χ1n) is 14.7. The minimum Gasteiger partial charge on any atom is -1.00 e. The van der Waals surface area contributed by atoms with Gasteiger partial charge in [0.05, 0.1) is 43.3 Å². The lowest BCUT2D eigenvalue weighted by atomic mass is 10.0. The SMILES string of the molecule is CC[C@H](C)[C@@H](C[P+](Cc1ccc2ccccc2c1)(c1ccccc1)c1ccccc1)NC(=S)Nc1ccc(OC)cc1.[Br-]. The van der Waals surface area contributed by atoms with Crippen LogP contribution in [0.25, 0.3) is 10.8 Å². The van der Waals surface area contributed by atoms with Crippen molar-refractivity contribution < 1.29 is 21.7 Å². The Hall–Kier alpha value is -3.24. The molecular formula is C37H40BrN2OPS. The second-order valence-electron chi connectivity index (χ2n) is 11.0. The number of halogens is 1. The highest BCUT2D eigenvalue weighted by molar-refractivity contribution is 7.88. The van der Waals surface area contributed by atoms with Crippen molar-refractivity contribution in [1.29, 1.82) is 0 Å².